The summed E-state index contributed by atoms with van der Waals surface area (Å²) in [7, 11) is 0. The maximum absolute atomic E-state index is 14.0. The van der Waals surface area contributed by atoms with Gasteiger partial charge in [0, 0.05) is 36.7 Å². The normalized spacial score (nSPS) is 13.8. The quantitative estimate of drug-likeness (QED) is 0.175. The minimum absolute atomic E-state index is 0.109. The van der Waals surface area contributed by atoms with E-state index in [1.165, 1.54) is 9.13 Å². The molecule has 1 aliphatic heterocycles. The highest BCUT2D eigenvalue weighted by Gasteiger charge is 2.28. The Morgan fingerprint density at radius 1 is 1.02 bits per heavy atom. The van der Waals surface area contributed by atoms with Crippen LogP contribution in [0.15, 0.2) is 54.9 Å². The Labute approximate surface area is 268 Å². The lowest BCUT2D eigenvalue weighted by molar-refractivity contribution is -0.123. The summed E-state index contributed by atoms with van der Waals surface area (Å²) < 4.78 is 19.4. The van der Waals surface area contributed by atoms with Gasteiger partial charge < -0.3 is 24.6 Å². The Balaban J connectivity index is 1.42. The third-order valence-corrected chi connectivity index (χ3v) is 7.87. The van der Waals surface area contributed by atoms with E-state index < -0.39 is 23.7 Å². The Bertz CT molecular complexity index is 1730. The first-order chi connectivity index (χ1) is 21.9. The van der Waals surface area contributed by atoms with E-state index in [1.807, 2.05) is 52.0 Å². The van der Waals surface area contributed by atoms with E-state index in [9.17, 15) is 19.5 Å². The molecule has 2 atom stereocenters. The molecule has 0 spiro atoms. The fraction of sp³-hybridized carbons (Fsp3) is 0.429. The summed E-state index contributed by atoms with van der Waals surface area (Å²) in [6.45, 7) is 9.58. The number of carbonyl (C=O) groups excluding carboxylic acids is 2. The van der Waals surface area contributed by atoms with Crippen molar-refractivity contribution in [3.05, 3.63) is 77.5 Å². The fourth-order valence-electron chi connectivity index (χ4n) is 5.75. The predicted octanol–water partition coefficient (Wildman–Crippen LogP) is 6.68. The molecule has 1 amide bonds. The lowest BCUT2D eigenvalue weighted by atomic mass is 9.92. The van der Waals surface area contributed by atoms with Gasteiger partial charge in [0.25, 0.3) is 0 Å². The summed E-state index contributed by atoms with van der Waals surface area (Å²) in [4.78, 5) is 43.9. The molecule has 0 fully saturated rings. The van der Waals surface area contributed by atoms with Gasteiger partial charge in [-0.25, -0.2) is 19.1 Å². The Hall–Kier alpha value is -4.80. The van der Waals surface area contributed by atoms with Crippen molar-refractivity contribution in [1.29, 1.82) is 0 Å². The summed E-state index contributed by atoms with van der Waals surface area (Å²) in [6, 6.07) is 12.4. The average Bonchev–Trinajstić information content (AvgIpc) is 3.72. The van der Waals surface area contributed by atoms with Crippen LogP contribution in [-0.2, 0) is 28.8 Å². The maximum Gasteiger partial charge on any atom is 0.419 e. The molecule has 0 saturated carbocycles. The standard InChI is InChI=1S/C35H42N4O7/c1-6-7-8-13-31-37-25(20-39(31)34(43)46-35(3,4)5)18-27(23-14-15-29-30(17-23)45-21-44-29)32(40)36-22(2)16-24-19-38(33(41)42)28-12-10-9-11-26(24)28/h9-12,14-15,17,19-20,22,27H,6-8,13,16,18,21H2,1-5H3,(H,36,40)(H,41,42)/t22-,27?/m1/s1. The number of benzene rings is 2. The van der Waals surface area contributed by atoms with Gasteiger partial charge >= 0.3 is 12.2 Å². The zero-order chi connectivity index (χ0) is 33.0. The van der Waals surface area contributed by atoms with Crippen LogP contribution in [-0.4, -0.2) is 55.8 Å². The van der Waals surface area contributed by atoms with Crippen LogP contribution in [0.2, 0.25) is 0 Å². The van der Waals surface area contributed by atoms with Gasteiger partial charge in [-0.1, -0.05) is 44.0 Å². The first-order valence-corrected chi connectivity index (χ1v) is 15.8. The monoisotopic (exact) mass is 630 g/mol. The maximum atomic E-state index is 14.0. The number of nitrogens with zero attached hydrogens (tertiary/aromatic N) is 3. The van der Waals surface area contributed by atoms with Crippen molar-refractivity contribution in [2.75, 3.05) is 6.79 Å². The second-order valence-electron chi connectivity index (χ2n) is 12.8. The molecular weight excluding hydrogens is 588 g/mol. The van der Waals surface area contributed by atoms with E-state index >= 15 is 0 Å². The minimum Gasteiger partial charge on any atom is -0.464 e. The van der Waals surface area contributed by atoms with Crippen LogP contribution in [0.3, 0.4) is 0 Å². The zero-order valence-corrected chi connectivity index (χ0v) is 27.0. The van der Waals surface area contributed by atoms with Crippen molar-refractivity contribution in [1.82, 2.24) is 19.4 Å². The number of aromatic nitrogens is 3. The molecule has 3 heterocycles. The third kappa shape index (κ3) is 7.52. The highest BCUT2D eigenvalue weighted by Crippen LogP contribution is 2.36. The summed E-state index contributed by atoms with van der Waals surface area (Å²) in [5.41, 5.74) is 2.04. The number of ether oxygens (including phenoxy) is 3. The Morgan fingerprint density at radius 2 is 1.78 bits per heavy atom. The minimum atomic E-state index is -1.07. The number of rotatable bonds is 11. The van der Waals surface area contributed by atoms with Gasteiger partial charge in [-0.3, -0.25) is 9.36 Å². The molecule has 5 rings (SSSR count). The van der Waals surface area contributed by atoms with Gasteiger partial charge in [-0.05, 0) is 69.9 Å². The molecular formula is C35H42N4O7. The van der Waals surface area contributed by atoms with Gasteiger partial charge in [0.1, 0.15) is 11.4 Å². The van der Waals surface area contributed by atoms with E-state index in [1.54, 1.807) is 30.6 Å². The summed E-state index contributed by atoms with van der Waals surface area (Å²) >= 11 is 0. The average molecular weight is 631 g/mol. The highest BCUT2D eigenvalue weighted by atomic mass is 16.7. The van der Waals surface area contributed by atoms with E-state index in [0.717, 1.165) is 35.8 Å². The van der Waals surface area contributed by atoms with Crippen molar-refractivity contribution in [3.8, 4) is 11.5 Å². The highest BCUT2D eigenvalue weighted by molar-refractivity contribution is 5.91. The number of para-hydroxylation sites is 1. The molecule has 4 aromatic rings. The molecule has 2 aromatic carbocycles. The first-order valence-electron chi connectivity index (χ1n) is 15.8. The van der Waals surface area contributed by atoms with Gasteiger partial charge in [-0.15, -0.1) is 0 Å². The molecule has 2 aromatic heterocycles. The second-order valence-corrected chi connectivity index (χ2v) is 12.8. The van der Waals surface area contributed by atoms with Gasteiger partial charge in [0.15, 0.2) is 11.5 Å². The predicted molar refractivity (Wildman–Crippen MR) is 173 cm³/mol. The number of fused-ring (bicyclic) bond motifs is 2. The van der Waals surface area contributed by atoms with E-state index in [4.69, 9.17) is 19.2 Å². The molecule has 2 N–H and O–H groups in total. The van der Waals surface area contributed by atoms with Crippen LogP contribution in [0.25, 0.3) is 10.9 Å². The SMILES string of the molecule is CCCCCc1nc(CC(C(=O)N[C@H](C)Cc2cn(C(=O)O)c3ccccc23)c2ccc3c(c2)OCO3)cn1C(=O)OC(C)(C)C. The number of hydrogen-bond donors (Lipinski definition) is 2. The number of carboxylic acid groups (broad SMARTS) is 1. The number of imidazole rings is 1. The van der Waals surface area contributed by atoms with Crippen LogP contribution in [0.1, 0.15) is 82.4 Å². The summed E-state index contributed by atoms with van der Waals surface area (Å²) in [5, 5.41) is 13.7. The van der Waals surface area contributed by atoms with Crippen molar-refractivity contribution in [2.45, 2.75) is 90.7 Å². The Morgan fingerprint density at radius 3 is 2.52 bits per heavy atom. The van der Waals surface area contributed by atoms with Crippen molar-refractivity contribution in [3.63, 3.8) is 0 Å². The fourth-order valence-corrected chi connectivity index (χ4v) is 5.75. The number of hydrogen-bond acceptors (Lipinski definition) is 7. The van der Waals surface area contributed by atoms with Crippen molar-refractivity contribution >= 4 is 29.0 Å². The molecule has 46 heavy (non-hydrogen) atoms. The van der Waals surface area contributed by atoms with Crippen LogP contribution in [0, 0.1) is 0 Å². The van der Waals surface area contributed by atoms with E-state index in [2.05, 4.69) is 12.2 Å². The lowest BCUT2D eigenvalue weighted by Gasteiger charge is -2.21. The van der Waals surface area contributed by atoms with Crippen molar-refractivity contribution < 1.29 is 33.7 Å². The zero-order valence-electron chi connectivity index (χ0n) is 27.0. The van der Waals surface area contributed by atoms with Gasteiger partial charge in [0.2, 0.25) is 12.7 Å². The molecule has 1 unspecified atom stereocenters. The number of nitrogens with one attached hydrogen (secondary N) is 1. The molecule has 0 radical (unpaired) electrons. The van der Waals surface area contributed by atoms with Gasteiger partial charge in [-0.2, -0.15) is 0 Å². The topological polar surface area (TPSA) is 134 Å². The van der Waals surface area contributed by atoms with E-state index in [-0.39, 0.29) is 25.2 Å². The summed E-state index contributed by atoms with van der Waals surface area (Å²) in [6.07, 6.45) is 5.87. The smallest absolute Gasteiger partial charge is 0.419 e. The van der Waals surface area contributed by atoms with Crippen LogP contribution >= 0.6 is 0 Å². The molecule has 0 saturated heterocycles. The number of carbonyl (C=O) groups is 3. The molecule has 1 aliphatic rings. The van der Waals surface area contributed by atoms with Crippen LogP contribution < -0.4 is 14.8 Å². The summed E-state index contributed by atoms with van der Waals surface area (Å²) in [5.74, 6) is 0.879. The largest absolute Gasteiger partial charge is 0.464 e. The van der Waals surface area contributed by atoms with Crippen LogP contribution in [0.4, 0.5) is 9.59 Å². The lowest BCUT2D eigenvalue weighted by Crippen LogP contribution is -2.38. The molecule has 11 heteroatoms. The van der Waals surface area contributed by atoms with Crippen molar-refractivity contribution in [2.24, 2.45) is 0 Å². The van der Waals surface area contributed by atoms with E-state index in [0.29, 0.717) is 41.4 Å². The molecule has 11 nitrogen and oxygen atoms in total. The molecule has 0 bridgehead atoms. The third-order valence-electron chi connectivity index (χ3n) is 7.87. The molecule has 244 valence electrons. The number of unbranched alkanes of at least 4 members (excludes halogenated alkanes) is 2. The number of amides is 1. The Kier molecular flexibility index (Phi) is 9.69. The molecule has 0 aliphatic carbocycles. The van der Waals surface area contributed by atoms with Crippen LogP contribution in [0.5, 0.6) is 11.5 Å². The number of aryl methyl sites for hydroxylation is 1. The first kappa shape index (κ1) is 32.6. The second kappa shape index (κ2) is 13.7. The van der Waals surface area contributed by atoms with Gasteiger partial charge in [0.05, 0.1) is 17.1 Å².